The molecular weight excluding hydrogens is 468 g/mol. The first-order chi connectivity index (χ1) is 16.7. The number of anilines is 2. The number of rotatable bonds is 8. The minimum absolute atomic E-state index is 0.159. The molecule has 2 aromatic carbocycles. The highest BCUT2D eigenvalue weighted by atomic mass is 35.5. The zero-order valence-electron chi connectivity index (χ0n) is 20.1. The molecule has 1 aliphatic rings. The Morgan fingerprint density at radius 2 is 1.71 bits per heavy atom. The van der Waals surface area contributed by atoms with Gasteiger partial charge in [-0.1, -0.05) is 36.2 Å². The van der Waals surface area contributed by atoms with Crippen molar-refractivity contribution < 1.29 is 14.3 Å². The second-order valence-electron chi connectivity index (χ2n) is 9.08. The summed E-state index contributed by atoms with van der Waals surface area (Å²) in [5.41, 5.74) is 1.38. The Labute approximate surface area is 208 Å². The van der Waals surface area contributed by atoms with Gasteiger partial charge >= 0.3 is 0 Å². The molecule has 4 rings (SSSR count). The number of benzene rings is 2. The molecule has 1 heterocycles. The van der Waals surface area contributed by atoms with Crippen LogP contribution in [0.2, 0.25) is 5.02 Å². The van der Waals surface area contributed by atoms with Gasteiger partial charge in [0.1, 0.15) is 11.4 Å². The number of ether oxygens (including phenoxy) is 1. The molecule has 1 saturated carbocycles. The van der Waals surface area contributed by atoms with Crippen molar-refractivity contribution in [3.63, 3.8) is 0 Å². The third-order valence-corrected chi connectivity index (χ3v) is 6.97. The van der Waals surface area contributed by atoms with Gasteiger partial charge in [0.2, 0.25) is 11.8 Å². The summed E-state index contributed by atoms with van der Waals surface area (Å²) in [6.45, 7) is 1.79. The van der Waals surface area contributed by atoms with E-state index < -0.39 is 5.41 Å². The number of nitrogens with one attached hydrogen (secondary N) is 2. The largest absolute Gasteiger partial charge is 0.495 e. The van der Waals surface area contributed by atoms with Crippen LogP contribution in [0.4, 0.5) is 11.4 Å². The van der Waals surface area contributed by atoms with Crippen LogP contribution in [0.15, 0.2) is 53.3 Å². The molecule has 0 bridgehead atoms. The lowest BCUT2D eigenvalue weighted by Gasteiger charge is -2.41. The van der Waals surface area contributed by atoms with E-state index in [1.807, 2.05) is 30.3 Å². The Hall–Kier alpha value is -3.52. The normalized spacial score (nSPS) is 14.2. The van der Waals surface area contributed by atoms with Crippen LogP contribution in [-0.2, 0) is 16.6 Å². The quantitative estimate of drug-likeness (QED) is 0.473. The highest BCUT2D eigenvalue weighted by Gasteiger charge is 2.41. The van der Waals surface area contributed by atoms with E-state index in [0.717, 1.165) is 19.3 Å². The lowest BCUT2D eigenvalue weighted by atomic mass is 9.64. The summed E-state index contributed by atoms with van der Waals surface area (Å²) >= 11 is 6.06. The molecule has 0 saturated heterocycles. The van der Waals surface area contributed by atoms with Crippen LogP contribution in [0.1, 0.15) is 37.8 Å². The van der Waals surface area contributed by atoms with Gasteiger partial charge in [-0.15, -0.1) is 0 Å². The van der Waals surface area contributed by atoms with Crippen LogP contribution in [0, 0.1) is 12.3 Å². The van der Waals surface area contributed by atoms with Crippen molar-refractivity contribution in [2.24, 2.45) is 12.5 Å². The molecular formula is C26H29ClN4O4. The highest BCUT2D eigenvalue weighted by molar-refractivity contribution is 6.31. The summed E-state index contributed by atoms with van der Waals surface area (Å²) in [4.78, 5) is 39.0. The summed E-state index contributed by atoms with van der Waals surface area (Å²) in [6.07, 6.45) is 2.83. The monoisotopic (exact) mass is 496 g/mol. The van der Waals surface area contributed by atoms with Crippen molar-refractivity contribution in [2.75, 3.05) is 17.7 Å². The minimum atomic E-state index is -0.443. The van der Waals surface area contributed by atoms with E-state index in [1.165, 1.54) is 11.8 Å². The van der Waals surface area contributed by atoms with E-state index in [-0.39, 0.29) is 35.9 Å². The summed E-state index contributed by atoms with van der Waals surface area (Å²) in [6, 6.07) is 14.3. The Balaban J connectivity index is 1.46. The number of carbonyl (C=O) groups excluding carboxylic acids is 2. The topological polar surface area (TPSA) is 94.4 Å². The number of para-hydroxylation sites is 1. The van der Waals surface area contributed by atoms with Crippen LogP contribution in [-0.4, -0.2) is 28.3 Å². The van der Waals surface area contributed by atoms with Crippen molar-refractivity contribution >= 4 is 34.8 Å². The molecule has 8 nitrogen and oxygen atoms in total. The van der Waals surface area contributed by atoms with Crippen molar-refractivity contribution in [3.8, 4) is 11.4 Å². The second-order valence-corrected chi connectivity index (χ2v) is 9.52. The predicted octanol–water partition coefficient (Wildman–Crippen LogP) is 4.67. The van der Waals surface area contributed by atoms with Crippen LogP contribution in [0.25, 0.3) is 5.69 Å². The third kappa shape index (κ3) is 5.12. The fourth-order valence-corrected chi connectivity index (χ4v) is 4.81. The summed E-state index contributed by atoms with van der Waals surface area (Å²) < 4.78 is 8.54. The van der Waals surface area contributed by atoms with E-state index in [4.69, 9.17) is 16.3 Å². The van der Waals surface area contributed by atoms with E-state index >= 15 is 0 Å². The van der Waals surface area contributed by atoms with Crippen molar-refractivity contribution in [1.82, 2.24) is 9.36 Å². The number of carbonyl (C=O) groups is 2. The van der Waals surface area contributed by atoms with E-state index in [0.29, 0.717) is 27.8 Å². The molecule has 0 radical (unpaired) electrons. The van der Waals surface area contributed by atoms with Crippen LogP contribution >= 0.6 is 11.6 Å². The fourth-order valence-electron chi connectivity index (χ4n) is 4.64. The summed E-state index contributed by atoms with van der Waals surface area (Å²) in [5.74, 6) is 0.0293. The van der Waals surface area contributed by atoms with Gasteiger partial charge in [0, 0.05) is 24.9 Å². The first-order valence-electron chi connectivity index (χ1n) is 11.5. The molecule has 1 fully saturated rings. The number of aromatic nitrogens is 2. The van der Waals surface area contributed by atoms with E-state index in [9.17, 15) is 14.4 Å². The highest BCUT2D eigenvalue weighted by Crippen LogP contribution is 2.47. The number of halogens is 1. The average Bonchev–Trinajstić information content (AvgIpc) is 3.01. The minimum Gasteiger partial charge on any atom is -0.495 e. The molecule has 0 aliphatic heterocycles. The Morgan fingerprint density at radius 3 is 2.31 bits per heavy atom. The molecule has 1 aromatic heterocycles. The molecule has 0 atom stereocenters. The molecule has 2 amide bonds. The smallest absolute Gasteiger partial charge is 0.295 e. The summed E-state index contributed by atoms with van der Waals surface area (Å²) in [7, 11) is 3.30. The standard InChI is InChI=1S/C26H29ClN4O4/c1-17-24(25(34)31(30(17)2)19-8-5-4-6-9-19)29-23(33)16-26(12-7-13-26)15-22(32)28-20-14-18(27)10-11-21(20)35-3/h4-6,8-11,14H,7,12-13,15-16H2,1-3H3,(H,28,32)(H,29,33). The molecule has 35 heavy (non-hydrogen) atoms. The average molecular weight is 497 g/mol. The van der Waals surface area contributed by atoms with Crippen molar-refractivity contribution in [2.45, 2.75) is 39.0 Å². The fraction of sp³-hybridized carbons (Fsp3) is 0.346. The number of nitrogens with zero attached hydrogens (tertiary/aromatic N) is 2. The predicted molar refractivity (Wildman–Crippen MR) is 137 cm³/mol. The Morgan fingerprint density at radius 1 is 1.06 bits per heavy atom. The van der Waals surface area contributed by atoms with Gasteiger partial charge in [-0.05, 0) is 55.5 Å². The van der Waals surface area contributed by atoms with Gasteiger partial charge in [-0.25, -0.2) is 4.68 Å². The molecule has 2 N–H and O–H groups in total. The molecule has 1 aliphatic carbocycles. The molecule has 0 spiro atoms. The zero-order valence-corrected chi connectivity index (χ0v) is 20.8. The van der Waals surface area contributed by atoms with Crippen LogP contribution in [0.5, 0.6) is 5.75 Å². The van der Waals surface area contributed by atoms with E-state index in [2.05, 4.69) is 10.6 Å². The molecule has 3 aromatic rings. The van der Waals surface area contributed by atoms with Gasteiger partial charge in [0.15, 0.2) is 0 Å². The van der Waals surface area contributed by atoms with E-state index in [1.54, 1.807) is 36.9 Å². The number of hydrogen-bond acceptors (Lipinski definition) is 4. The molecule has 184 valence electrons. The SMILES string of the molecule is COc1ccc(Cl)cc1NC(=O)CC1(CC(=O)Nc2c(C)n(C)n(-c3ccccc3)c2=O)CCC1. The first kappa shape index (κ1) is 24.6. The third-order valence-electron chi connectivity index (χ3n) is 6.74. The lowest BCUT2D eigenvalue weighted by Crippen LogP contribution is -2.38. The van der Waals surface area contributed by atoms with Crippen LogP contribution < -0.4 is 20.9 Å². The maximum absolute atomic E-state index is 13.1. The lowest BCUT2D eigenvalue weighted by molar-refractivity contribution is -0.124. The van der Waals surface area contributed by atoms with Gasteiger partial charge in [-0.2, -0.15) is 0 Å². The van der Waals surface area contributed by atoms with Crippen molar-refractivity contribution in [3.05, 3.63) is 69.6 Å². The number of methoxy groups -OCH3 is 1. The summed E-state index contributed by atoms with van der Waals surface area (Å²) in [5, 5.41) is 6.16. The van der Waals surface area contributed by atoms with Crippen molar-refractivity contribution in [1.29, 1.82) is 0 Å². The zero-order chi connectivity index (χ0) is 25.2. The number of amides is 2. The van der Waals surface area contributed by atoms with Gasteiger partial charge in [0.25, 0.3) is 5.56 Å². The maximum atomic E-state index is 13.1. The first-order valence-corrected chi connectivity index (χ1v) is 11.9. The number of hydrogen-bond donors (Lipinski definition) is 2. The van der Waals surface area contributed by atoms with Crippen LogP contribution in [0.3, 0.4) is 0 Å². The van der Waals surface area contributed by atoms with Gasteiger partial charge in [0.05, 0.1) is 24.2 Å². The maximum Gasteiger partial charge on any atom is 0.295 e. The Kier molecular flexibility index (Phi) is 7.03. The second kappa shape index (κ2) is 10.00. The molecule has 0 unspecified atom stereocenters. The Bertz CT molecular complexity index is 1310. The van der Waals surface area contributed by atoms with Gasteiger partial charge in [-0.3, -0.25) is 19.1 Å². The van der Waals surface area contributed by atoms with Gasteiger partial charge < -0.3 is 15.4 Å². The molecule has 9 heteroatoms.